The summed E-state index contributed by atoms with van der Waals surface area (Å²) in [5.41, 5.74) is 0.999. The first kappa shape index (κ1) is 18.7. The van der Waals surface area contributed by atoms with E-state index in [1.807, 2.05) is 19.2 Å². The van der Waals surface area contributed by atoms with Gasteiger partial charge in [-0.15, -0.1) is 0 Å². The van der Waals surface area contributed by atoms with Crippen molar-refractivity contribution in [1.82, 2.24) is 15.1 Å². The van der Waals surface area contributed by atoms with Gasteiger partial charge in [0.25, 0.3) is 11.8 Å². The molecule has 27 heavy (non-hydrogen) atoms. The molecule has 0 bridgehead atoms. The van der Waals surface area contributed by atoms with E-state index in [9.17, 15) is 9.59 Å². The molecular formula is C20H23N3O4. The molecule has 3 rings (SSSR count). The lowest BCUT2D eigenvalue weighted by atomic mass is 10.1. The van der Waals surface area contributed by atoms with Gasteiger partial charge < -0.3 is 24.3 Å². The van der Waals surface area contributed by atoms with E-state index in [0.717, 1.165) is 24.4 Å². The summed E-state index contributed by atoms with van der Waals surface area (Å²) >= 11 is 0. The number of carbonyl (C=O) groups excluding carboxylic acids is 2. The van der Waals surface area contributed by atoms with E-state index in [2.05, 4.69) is 10.2 Å². The van der Waals surface area contributed by atoms with Crippen LogP contribution in [0.4, 0.5) is 0 Å². The summed E-state index contributed by atoms with van der Waals surface area (Å²) in [5.74, 6) is 0.210. The largest absolute Gasteiger partial charge is 0.497 e. The third kappa shape index (κ3) is 4.77. The SMILES string of the molecule is COc1ccc(/C=C(/NC(=O)c2ccco2)C(=O)N2CCN(C)CC2)cc1. The molecule has 2 aromatic rings. The topological polar surface area (TPSA) is 75.0 Å². The van der Waals surface area contributed by atoms with Crippen LogP contribution in [0.2, 0.25) is 0 Å². The number of benzene rings is 1. The summed E-state index contributed by atoms with van der Waals surface area (Å²) in [4.78, 5) is 29.3. The number of nitrogens with zero attached hydrogens (tertiary/aromatic N) is 2. The summed E-state index contributed by atoms with van der Waals surface area (Å²) in [7, 11) is 3.62. The number of nitrogens with one attached hydrogen (secondary N) is 1. The first-order valence-corrected chi connectivity index (χ1v) is 8.75. The monoisotopic (exact) mass is 369 g/mol. The highest BCUT2D eigenvalue weighted by molar-refractivity contribution is 6.04. The van der Waals surface area contributed by atoms with Crippen LogP contribution in [0.1, 0.15) is 16.1 Å². The van der Waals surface area contributed by atoms with Crippen LogP contribution in [0.5, 0.6) is 5.75 Å². The quantitative estimate of drug-likeness (QED) is 0.814. The van der Waals surface area contributed by atoms with Crippen LogP contribution in [0, 0.1) is 0 Å². The summed E-state index contributed by atoms with van der Waals surface area (Å²) in [6.07, 6.45) is 3.09. The lowest BCUT2D eigenvalue weighted by molar-refractivity contribution is -0.128. The van der Waals surface area contributed by atoms with Gasteiger partial charge in [0.2, 0.25) is 0 Å². The van der Waals surface area contributed by atoms with Crippen LogP contribution < -0.4 is 10.1 Å². The predicted molar refractivity (Wildman–Crippen MR) is 101 cm³/mol. The molecule has 1 fully saturated rings. The van der Waals surface area contributed by atoms with Crippen molar-refractivity contribution in [3.8, 4) is 5.75 Å². The van der Waals surface area contributed by atoms with Crippen molar-refractivity contribution in [2.24, 2.45) is 0 Å². The molecule has 1 aliphatic heterocycles. The molecule has 0 spiro atoms. The fraction of sp³-hybridized carbons (Fsp3) is 0.300. The second kappa shape index (κ2) is 8.55. The van der Waals surface area contributed by atoms with Gasteiger partial charge in [-0.3, -0.25) is 9.59 Å². The molecule has 1 N–H and O–H groups in total. The minimum Gasteiger partial charge on any atom is -0.497 e. The minimum absolute atomic E-state index is 0.154. The van der Waals surface area contributed by atoms with E-state index < -0.39 is 5.91 Å². The molecule has 142 valence electrons. The fourth-order valence-corrected chi connectivity index (χ4v) is 2.79. The van der Waals surface area contributed by atoms with Crippen LogP contribution in [-0.2, 0) is 4.79 Å². The number of carbonyl (C=O) groups is 2. The number of ether oxygens (including phenoxy) is 1. The third-order valence-corrected chi connectivity index (χ3v) is 4.44. The lowest BCUT2D eigenvalue weighted by Gasteiger charge is -2.33. The van der Waals surface area contributed by atoms with Crippen molar-refractivity contribution in [3.63, 3.8) is 0 Å². The molecular weight excluding hydrogens is 346 g/mol. The first-order chi connectivity index (χ1) is 13.1. The molecule has 1 saturated heterocycles. The molecule has 0 unspecified atom stereocenters. The lowest BCUT2D eigenvalue weighted by Crippen LogP contribution is -2.49. The van der Waals surface area contributed by atoms with Crippen molar-refractivity contribution in [3.05, 3.63) is 59.7 Å². The van der Waals surface area contributed by atoms with Gasteiger partial charge in [0.1, 0.15) is 11.4 Å². The van der Waals surface area contributed by atoms with Crippen LogP contribution in [0.3, 0.4) is 0 Å². The maximum atomic E-state index is 13.0. The number of rotatable bonds is 5. The summed E-state index contributed by atoms with van der Waals surface area (Å²) < 4.78 is 10.3. The van der Waals surface area contributed by atoms with E-state index in [1.165, 1.54) is 6.26 Å². The molecule has 1 aromatic heterocycles. The highest BCUT2D eigenvalue weighted by atomic mass is 16.5. The minimum atomic E-state index is -0.456. The van der Waals surface area contributed by atoms with E-state index >= 15 is 0 Å². The van der Waals surface area contributed by atoms with Crippen LogP contribution >= 0.6 is 0 Å². The van der Waals surface area contributed by atoms with Gasteiger partial charge in [-0.1, -0.05) is 12.1 Å². The van der Waals surface area contributed by atoms with E-state index in [0.29, 0.717) is 13.1 Å². The van der Waals surface area contributed by atoms with Crippen molar-refractivity contribution in [2.75, 3.05) is 40.3 Å². The second-order valence-corrected chi connectivity index (χ2v) is 6.36. The molecule has 2 amide bonds. The normalized spacial score (nSPS) is 15.5. The van der Waals surface area contributed by atoms with Gasteiger partial charge in [0.15, 0.2) is 5.76 Å². The summed E-state index contributed by atoms with van der Waals surface area (Å²) in [6.45, 7) is 2.83. The van der Waals surface area contributed by atoms with Crippen LogP contribution in [-0.4, -0.2) is 62.0 Å². The molecule has 1 aromatic carbocycles. The Kier molecular flexibility index (Phi) is 5.93. The van der Waals surface area contributed by atoms with Crippen molar-refractivity contribution >= 4 is 17.9 Å². The average Bonchev–Trinajstić information content (AvgIpc) is 3.23. The Labute approximate surface area is 158 Å². The van der Waals surface area contributed by atoms with Gasteiger partial charge in [0.05, 0.1) is 13.4 Å². The van der Waals surface area contributed by atoms with Gasteiger partial charge in [-0.25, -0.2) is 0 Å². The Morgan fingerprint density at radius 3 is 2.41 bits per heavy atom. The molecule has 2 heterocycles. The number of furan rings is 1. The van der Waals surface area contributed by atoms with Gasteiger partial charge in [-0.05, 0) is 43.0 Å². The second-order valence-electron chi connectivity index (χ2n) is 6.36. The van der Waals surface area contributed by atoms with Gasteiger partial charge >= 0.3 is 0 Å². The number of hydrogen-bond acceptors (Lipinski definition) is 5. The number of piperazine rings is 1. The maximum absolute atomic E-state index is 13.0. The smallest absolute Gasteiger partial charge is 0.291 e. The van der Waals surface area contributed by atoms with Crippen molar-refractivity contribution in [1.29, 1.82) is 0 Å². The molecule has 7 heteroatoms. The predicted octanol–water partition coefficient (Wildman–Crippen LogP) is 1.83. The van der Waals surface area contributed by atoms with E-state index in [1.54, 1.807) is 42.4 Å². The first-order valence-electron chi connectivity index (χ1n) is 8.75. The Hall–Kier alpha value is -3.06. The molecule has 7 nitrogen and oxygen atoms in total. The van der Waals surface area contributed by atoms with E-state index in [4.69, 9.17) is 9.15 Å². The Morgan fingerprint density at radius 2 is 1.81 bits per heavy atom. The molecule has 0 aliphatic carbocycles. The number of hydrogen-bond donors (Lipinski definition) is 1. The number of likely N-dealkylation sites (N-methyl/N-ethyl adjacent to an activating group) is 1. The summed E-state index contributed by atoms with van der Waals surface area (Å²) in [6, 6.07) is 10.4. The fourth-order valence-electron chi connectivity index (χ4n) is 2.79. The highest BCUT2D eigenvalue weighted by Gasteiger charge is 2.24. The van der Waals surface area contributed by atoms with Crippen molar-refractivity contribution < 1.29 is 18.7 Å². The van der Waals surface area contributed by atoms with E-state index in [-0.39, 0.29) is 17.4 Å². The van der Waals surface area contributed by atoms with Gasteiger partial charge in [0, 0.05) is 26.2 Å². The Morgan fingerprint density at radius 1 is 1.11 bits per heavy atom. The summed E-state index contributed by atoms with van der Waals surface area (Å²) in [5, 5.41) is 2.70. The van der Waals surface area contributed by atoms with Crippen LogP contribution in [0.25, 0.3) is 6.08 Å². The Bertz CT molecular complexity index is 804. The zero-order chi connectivity index (χ0) is 19.2. The van der Waals surface area contributed by atoms with Crippen LogP contribution in [0.15, 0.2) is 52.8 Å². The maximum Gasteiger partial charge on any atom is 0.291 e. The van der Waals surface area contributed by atoms with Gasteiger partial charge in [-0.2, -0.15) is 0 Å². The molecule has 0 radical (unpaired) electrons. The molecule has 0 saturated carbocycles. The molecule has 1 aliphatic rings. The van der Waals surface area contributed by atoms with Crippen molar-refractivity contribution in [2.45, 2.75) is 0 Å². The average molecular weight is 369 g/mol. The standard InChI is InChI=1S/C20H23N3O4/c1-22-9-11-23(12-10-22)20(25)17(21-19(24)18-4-3-13-27-18)14-15-5-7-16(26-2)8-6-15/h3-8,13-14H,9-12H2,1-2H3,(H,21,24)/b17-14+. The third-order valence-electron chi connectivity index (χ3n) is 4.44. The molecule has 0 atom stereocenters. The zero-order valence-electron chi connectivity index (χ0n) is 15.5. The Balaban J connectivity index is 1.84. The number of amides is 2. The number of methoxy groups -OCH3 is 1. The highest BCUT2D eigenvalue weighted by Crippen LogP contribution is 2.15. The zero-order valence-corrected chi connectivity index (χ0v) is 15.5.